The molecule has 1 aliphatic rings. The Bertz CT molecular complexity index is 471. The van der Waals surface area contributed by atoms with Gasteiger partial charge in [-0.2, -0.15) is 0 Å². The van der Waals surface area contributed by atoms with Crippen LogP contribution in [-0.2, 0) is 0 Å². The van der Waals surface area contributed by atoms with Crippen LogP contribution in [0.5, 0.6) is 0 Å². The number of anilines is 1. The smallest absolute Gasteiger partial charge is 0.0430 e. The second kappa shape index (κ2) is 6.70. The summed E-state index contributed by atoms with van der Waals surface area (Å²) in [6.07, 6.45) is 3.56. The molecule has 1 N–H and O–H groups in total. The molecule has 1 saturated heterocycles. The third-order valence-electron chi connectivity index (χ3n) is 5.19. The molecule has 2 nitrogen and oxygen atoms in total. The molecule has 0 bridgehead atoms. The SMILES string of the molecule is CCC1CNC(CC)(CC)CN1c1c(C)cc(Br)cc1C. The lowest BCUT2D eigenvalue weighted by atomic mass is 9.87. The lowest BCUT2D eigenvalue weighted by Crippen LogP contribution is -2.64. The maximum Gasteiger partial charge on any atom is 0.0430 e. The van der Waals surface area contributed by atoms with Crippen molar-refractivity contribution in [1.82, 2.24) is 5.32 Å². The van der Waals surface area contributed by atoms with Gasteiger partial charge in [-0.05, 0) is 56.4 Å². The maximum absolute atomic E-state index is 3.83. The summed E-state index contributed by atoms with van der Waals surface area (Å²) in [5.41, 5.74) is 4.46. The topological polar surface area (TPSA) is 15.3 Å². The average Bonchev–Trinajstić information content (AvgIpc) is 2.46. The molecular weight excluding hydrogens is 324 g/mol. The van der Waals surface area contributed by atoms with Crippen molar-refractivity contribution in [2.24, 2.45) is 0 Å². The zero-order chi connectivity index (χ0) is 15.6. The molecule has 1 aliphatic heterocycles. The minimum atomic E-state index is 0.262. The molecule has 0 spiro atoms. The molecule has 0 radical (unpaired) electrons. The normalized spacial score (nSPS) is 21.6. The summed E-state index contributed by atoms with van der Waals surface area (Å²) < 4.78 is 1.18. The van der Waals surface area contributed by atoms with E-state index in [0.717, 1.165) is 13.1 Å². The number of nitrogens with one attached hydrogen (secondary N) is 1. The van der Waals surface area contributed by atoms with Gasteiger partial charge in [-0.25, -0.2) is 0 Å². The first-order chi connectivity index (χ1) is 9.96. The summed E-state index contributed by atoms with van der Waals surface area (Å²) in [7, 11) is 0. The highest BCUT2D eigenvalue weighted by molar-refractivity contribution is 9.10. The molecule has 118 valence electrons. The summed E-state index contributed by atoms with van der Waals surface area (Å²) >= 11 is 3.62. The van der Waals surface area contributed by atoms with Crippen LogP contribution < -0.4 is 10.2 Å². The molecule has 1 heterocycles. The number of benzene rings is 1. The highest BCUT2D eigenvalue weighted by Crippen LogP contribution is 2.34. The number of hydrogen-bond donors (Lipinski definition) is 1. The van der Waals surface area contributed by atoms with E-state index >= 15 is 0 Å². The Morgan fingerprint density at radius 1 is 1.19 bits per heavy atom. The molecule has 3 heteroatoms. The van der Waals surface area contributed by atoms with Crippen LogP contribution >= 0.6 is 15.9 Å². The minimum Gasteiger partial charge on any atom is -0.365 e. The Morgan fingerprint density at radius 3 is 2.24 bits per heavy atom. The largest absolute Gasteiger partial charge is 0.365 e. The van der Waals surface area contributed by atoms with E-state index in [1.54, 1.807) is 0 Å². The first-order valence-corrected chi connectivity index (χ1v) is 9.04. The fourth-order valence-electron chi connectivity index (χ4n) is 3.66. The van der Waals surface area contributed by atoms with Gasteiger partial charge in [0.1, 0.15) is 0 Å². The monoisotopic (exact) mass is 352 g/mol. The van der Waals surface area contributed by atoms with Crippen LogP contribution in [0.15, 0.2) is 16.6 Å². The van der Waals surface area contributed by atoms with Gasteiger partial charge in [0.05, 0.1) is 0 Å². The van der Waals surface area contributed by atoms with Gasteiger partial charge in [0.15, 0.2) is 0 Å². The number of aryl methyl sites for hydroxylation is 2. The van der Waals surface area contributed by atoms with Gasteiger partial charge >= 0.3 is 0 Å². The van der Waals surface area contributed by atoms with Crippen molar-refractivity contribution in [3.8, 4) is 0 Å². The summed E-state index contributed by atoms with van der Waals surface area (Å²) in [6.45, 7) is 13.6. The van der Waals surface area contributed by atoms with E-state index in [2.05, 4.69) is 72.9 Å². The fourth-order valence-corrected chi connectivity index (χ4v) is 4.35. The van der Waals surface area contributed by atoms with Crippen LogP contribution in [0.25, 0.3) is 0 Å². The summed E-state index contributed by atoms with van der Waals surface area (Å²) in [5, 5.41) is 3.83. The fraction of sp³-hybridized carbons (Fsp3) is 0.667. The number of nitrogens with zero attached hydrogens (tertiary/aromatic N) is 1. The summed E-state index contributed by atoms with van der Waals surface area (Å²) in [5.74, 6) is 0. The van der Waals surface area contributed by atoms with Gasteiger partial charge in [0.2, 0.25) is 0 Å². The predicted octanol–water partition coefficient (Wildman–Crippen LogP) is 4.81. The van der Waals surface area contributed by atoms with E-state index in [1.807, 2.05) is 0 Å². The highest BCUT2D eigenvalue weighted by atomic mass is 79.9. The Kier molecular flexibility index (Phi) is 5.37. The molecule has 1 aromatic carbocycles. The van der Waals surface area contributed by atoms with Gasteiger partial charge in [0.25, 0.3) is 0 Å². The van der Waals surface area contributed by atoms with Crippen molar-refractivity contribution < 1.29 is 0 Å². The van der Waals surface area contributed by atoms with Crippen molar-refractivity contribution in [2.45, 2.75) is 65.5 Å². The molecule has 1 aromatic rings. The van der Waals surface area contributed by atoms with Gasteiger partial charge in [-0.1, -0.05) is 36.7 Å². The molecular formula is C18H29BrN2. The minimum absolute atomic E-state index is 0.262. The lowest BCUT2D eigenvalue weighted by Gasteiger charge is -2.49. The molecule has 0 saturated carbocycles. The van der Waals surface area contributed by atoms with Crippen LogP contribution in [0, 0.1) is 13.8 Å². The molecule has 1 fully saturated rings. The number of rotatable bonds is 4. The predicted molar refractivity (Wildman–Crippen MR) is 96.4 cm³/mol. The number of hydrogen-bond acceptors (Lipinski definition) is 2. The second-order valence-electron chi connectivity index (χ2n) is 6.45. The first-order valence-electron chi connectivity index (χ1n) is 8.24. The molecule has 1 unspecified atom stereocenters. The van der Waals surface area contributed by atoms with E-state index in [0.29, 0.717) is 6.04 Å². The van der Waals surface area contributed by atoms with Crippen molar-refractivity contribution in [3.63, 3.8) is 0 Å². The third kappa shape index (κ3) is 3.29. The van der Waals surface area contributed by atoms with Crippen molar-refractivity contribution in [3.05, 3.63) is 27.7 Å². The Hall–Kier alpha value is -0.540. The third-order valence-corrected chi connectivity index (χ3v) is 5.65. The zero-order valence-corrected chi connectivity index (χ0v) is 15.7. The van der Waals surface area contributed by atoms with Crippen molar-refractivity contribution >= 4 is 21.6 Å². The summed E-state index contributed by atoms with van der Waals surface area (Å²) in [6, 6.07) is 5.09. The quantitative estimate of drug-likeness (QED) is 0.835. The molecule has 0 amide bonds. The van der Waals surface area contributed by atoms with Gasteiger partial charge in [-0.15, -0.1) is 0 Å². The van der Waals surface area contributed by atoms with E-state index in [9.17, 15) is 0 Å². The van der Waals surface area contributed by atoms with Gasteiger partial charge in [0, 0.05) is 34.8 Å². The highest BCUT2D eigenvalue weighted by Gasteiger charge is 2.37. The van der Waals surface area contributed by atoms with Crippen LogP contribution in [-0.4, -0.2) is 24.7 Å². The van der Waals surface area contributed by atoms with Crippen molar-refractivity contribution in [2.75, 3.05) is 18.0 Å². The lowest BCUT2D eigenvalue weighted by molar-refractivity contribution is 0.246. The van der Waals surface area contributed by atoms with Crippen LogP contribution in [0.3, 0.4) is 0 Å². The molecule has 21 heavy (non-hydrogen) atoms. The molecule has 1 atom stereocenters. The van der Waals surface area contributed by atoms with Crippen LogP contribution in [0.4, 0.5) is 5.69 Å². The summed E-state index contributed by atoms with van der Waals surface area (Å²) in [4.78, 5) is 2.67. The maximum atomic E-state index is 3.83. The van der Waals surface area contributed by atoms with Gasteiger partial charge in [-0.3, -0.25) is 0 Å². The van der Waals surface area contributed by atoms with Crippen LogP contribution in [0.2, 0.25) is 0 Å². The van der Waals surface area contributed by atoms with Crippen molar-refractivity contribution in [1.29, 1.82) is 0 Å². The second-order valence-corrected chi connectivity index (χ2v) is 7.36. The number of piperazine rings is 1. The first kappa shape index (κ1) is 16.8. The average molecular weight is 353 g/mol. The molecule has 0 aliphatic carbocycles. The number of halogens is 1. The standard InChI is InChI=1S/C18H29BrN2/c1-6-16-11-20-18(7-2,8-3)12-21(16)17-13(4)9-15(19)10-14(17)5/h9-10,16,20H,6-8,11-12H2,1-5H3. The van der Waals surface area contributed by atoms with E-state index in [1.165, 1.54) is 40.5 Å². The van der Waals surface area contributed by atoms with E-state index in [-0.39, 0.29) is 5.54 Å². The Labute approximate surface area is 138 Å². The molecule has 2 rings (SSSR count). The molecule has 0 aromatic heterocycles. The van der Waals surface area contributed by atoms with E-state index in [4.69, 9.17) is 0 Å². The van der Waals surface area contributed by atoms with E-state index < -0.39 is 0 Å². The van der Waals surface area contributed by atoms with Crippen LogP contribution in [0.1, 0.15) is 51.2 Å². The Morgan fingerprint density at radius 2 is 1.76 bits per heavy atom. The Balaban J connectivity index is 2.43. The zero-order valence-electron chi connectivity index (χ0n) is 14.1. The van der Waals surface area contributed by atoms with Gasteiger partial charge < -0.3 is 10.2 Å².